The van der Waals surface area contributed by atoms with E-state index >= 15 is 0 Å². The lowest BCUT2D eigenvalue weighted by Crippen LogP contribution is -2.21. The average Bonchev–Trinajstić information content (AvgIpc) is 3.90. The Morgan fingerprint density at radius 2 is 1.46 bits per heavy atom. The molecule has 2 aromatic heterocycles. The Kier molecular flexibility index (Phi) is 9.33. The molecule has 3 unspecified atom stereocenters. The molecule has 0 saturated heterocycles. The van der Waals surface area contributed by atoms with Gasteiger partial charge in [0.15, 0.2) is 0 Å². The summed E-state index contributed by atoms with van der Waals surface area (Å²) >= 11 is 3.80. The molecule has 0 radical (unpaired) electrons. The van der Waals surface area contributed by atoms with Gasteiger partial charge in [-0.25, -0.2) is 4.99 Å². The Balaban J connectivity index is 0.950. The van der Waals surface area contributed by atoms with Crippen molar-refractivity contribution in [3.8, 4) is 11.1 Å². The highest BCUT2D eigenvalue weighted by atomic mass is 32.1. The fourth-order valence-electron chi connectivity index (χ4n) is 9.52. The number of allylic oxidation sites excluding steroid dienone is 4. The van der Waals surface area contributed by atoms with Crippen molar-refractivity contribution in [2.45, 2.75) is 44.1 Å². The Hall–Kier alpha value is -6.53. The number of hydrogen-bond acceptors (Lipinski definition) is 4. The largest absolute Gasteiger partial charge is 0.383 e. The summed E-state index contributed by atoms with van der Waals surface area (Å²) in [5, 5.41) is 10.5. The van der Waals surface area contributed by atoms with Gasteiger partial charge in [0.05, 0.1) is 17.4 Å². The predicted molar refractivity (Wildman–Crippen MR) is 263 cm³/mol. The predicted octanol–water partition coefficient (Wildman–Crippen LogP) is 15.2. The molecule has 0 bridgehead atoms. The molecule has 3 heterocycles. The summed E-state index contributed by atoms with van der Waals surface area (Å²) in [6, 6.07) is 57.1. The number of rotatable bonds is 8. The molecule has 0 saturated carbocycles. The highest BCUT2D eigenvalue weighted by molar-refractivity contribution is 7.26. The number of fused-ring (bicyclic) bond motifs is 10. The van der Waals surface area contributed by atoms with Gasteiger partial charge in [-0.1, -0.05) is 184 Å². The van der Waals surface area contributed by atoms with E-state index in [1.54, 1.807) is 0 Å². The molecular weight excluding hydrogens is 779 g/mol. The Morgan fingerprint density at radius 3 is 2.23 bits per heavy atom. The number of nitrogens with one attached hydrogen (secondary N) is 1. The first kappa shape index (κ1) is 37.5. The zero-order valence-corrected chi connectivity index (χ0v) is 35.9. The van der Waals surface area contributed by atoms with Crippen LogP contribution in [0, 0.1) is 0 Å². The van der Waals surface area contributed by atoms with E-state index < -0.39 is 0 Å². The van der Waals surface area contributed by atoms with Crippen molar-refractivity contribution in [2.24, 2.45) is 10.7 Å². The van der Waals surface area contributed by atoms with Crippen molar-refractivity contribution >= 4 is 75.2 Å². The molecule has 0 amide bonds. The van der Waals surface area contributed by atoms with Gasteiger partial charge >= 0.3 is 0 Å². The van der Waals surface area contributed by atoms with Gasteiger partial charge in [0.2, 0.25) is 0 Å². The van der Waals surface area contributed by atoms with Crippen molar-refractivity contribution < 1.29 is 0 Å². The summed E-state index contributed by atoms with van der Waals surface area (Å²) in [6.45, 7) is 4.63. The molecule has 7 aromatic carbocycles. The second-order valence-electron chi connectivity index (χ2n) is 16.6. The zero-order chi connectivity index (χ0) is 41.1. The van der Waals surface area contributed by atoms with Crippen LogP contribution in [0.3, 0.4) is 0 Å². The van der Waals surface area contributed by atoms with Gasteiger partial charge in [-0.05, 0) is 52.6 Å². The zero-order valence-electron chi connectivity index (χ0n) is 34.2. The molecule has 3 atom stereocenters. The number of anilines is 1. The van der Waals surface area contributed by atoms with Gasteiger partial charge < -0.3 is 11.1 Å². The number of nitrogens with zero attached hydrogens (tertiary/aromatic N) is 1. The first-order chi connectivity index (χ1) is 30.0. The molecule has 9 aromatic rings. The smallest absolute Gasteiger partial charge is 0.131 e. The molecule has 11 rings (SSSR count). The number of thiophene rings is 2. The van der Waals surface area contributed by atoms with Gasteiger partial charge in [0.25, 0.3) is 0 Å². The van der Waals surface area contributed by atoms with Gasteiger partial charge in [0.1, 0.15) is 5.84 Å². The summed E-state index contributed by atoms with van der Waals surface area (Å²) in [5.41, 5.74) is 17.3. The van der Waals surface area contributed by atoms with Gasteiger partial charge in [-0.3, -0.25) is 0 Å². The molecule has 1 aliphatic heterocycles. The number of amidine groups is 1. The maximum atomic E-state index is 6.79. The molecule has 0 spiro atoms. The van der Waals surface area contributed by atoms with Crippen LogP contribution in [0.25, 0.3) is 52.2 Å². The van der Waals surface area contributed by atoms with Crippen LogP contribution in [0.1, 0.15) is 65.8 Å². The van der Waals surface area contributed by atoms with Crippen LogP contribution in [0.2, 0.25) is 0 Å². The fourth-order valence-corrected chi connectivity index (χ4v) is 12.2. The number of aliphatic imine (C=N–C) groups is 1. The standard InChI is InChI=1S/C56H45N3S2/c1-3-35(36-24-26-39(27-25-36)51-54-50(44-19-10-12-23-49(44)61-54)45-29-28-37-14-7-8-17-41(37)52(45)59-51)34-47(58-55(57)40-15-5-4-6-16-40)38-30-32-56(2,33-31-38)46-21-13-20-43-42-18-9-11-22-48(42)60-53(43)46/h4-32,34-35,51,59H,3,33H2,1-2H3,(H2,57,58)/b47-34-. The van der Waals surface area contributed by atoms with Crippen molar-refractivity contribution in [1.82, 2.24) is 0 Å². The third-order valence-electron chi connectivity index (χ3n) is 12.9. The number of hydrogen-bond donors (Lipinski definition) is 2. The van der Waals surface area contributed by atoms with Crippen LogP contribution in [-0.4, -0.2) is 5.84 Å². The quantitative estimate of drug-likeness (QED) is 0.118. The third kappa shape index (κ3) is 6.51. The van der Waals surface area contributed by atoms with E-state index in [1.807, 2.05) is 53.0 Å². The van der Waals surface area contributed by atoms with Crippen LogP contribution in [0.4, 0.5) is 5.69 Å². The highest BCUT2D eigenvalue weighted by Gasteiger charge is 2.31. The molecule has 1 aliphatic carbocycles. The van der Waals surface area contributed by atoms with Crippen LogP contribution >= 0.6 is 22.7 Å². The normalized spacial score (nSPS) is 18.3. The van der Waals surface area contributed by atoms with Gasteiger partial charge in [0, 0.05) is 68.5 Å². The number of benzene rings is 7. The van der Waals surface area contributed by atoms with E-state index in [9.17, 15) is 0 Å². The minimum Gasteiger partial charge on any atom is -0.383 e. The molecular formula is C56H45N3S2. The Labute approximate surface area is 364 Å². The van der Waals surface area contributed by atoms with E-state index in [2.05, 4.69) is 171 Å². The third-order valence-corrected chi connectivity index (χ3v) is 15.3. The SMILES string of the molecule is CCC(/C=C(\N=C(/N)c1ccccc1)C1=CCC(C)(c2cccc3c2sc2ccccc23)C=C1)c1ccc(C2Nc3c(ccc4ccccc34)-c3c2sc2ccccc32)cc1. The van der Waals surface area contributed by atoms with E-state index in [1.165, 1.54) is 79.4 Å². The van der Waals surface area contributed by atoms with Gasteiger partial charge in [-0.15, -0.1) is 22.7 Å². The maximum Gasteiger partial charge on any atom is 0.131 e. The summed E-state index contributed by atoms with van der Waals surface area (Å²) in [5.74, 6) is 0.653. The summed E-state index contributed by atoms with van der Waals surface area (Å²) in [4.78, 5) is 6.56. The molecule has 0 fully saturated rings. The van der Waals surface area contributed by atoms with Gasteiger partial charge in [-0.2, -0.15) is 0 Å². The minimum absolute atomic E-state index is 0.0338. The first-order valence-corrected chi connectivity index (χ1v) is 22.9. The van der Waals surface area contributed by atoms with Crippen LogP contribution < -0.4 is 11.1 Å². The minimum atomic E-state index is -0.155. The summed E-state index contributed by atoms with van der Waals surface area (Å²) in [7, 11) is 0. The lowest BCUT2D eigenvalue weighted by Gasteiger charge is -2.30. The average molecular weight is 824 g/mol. The second-order valence-corrected chi connectivity index (χ2v) is 18.8. The van der Waals surface area contributed by atoms with Crippen molar-refractivity contribution in [3.05, 3.63) is 220 Å². The van der Waals surface area contributed by atoms with E-state index in [0.29, 0.717) is 5.84 Å². The van der Waals surface area contributed by atoms with E-state index in [-0.39, 0.29) is 17.4 Å². The van der Waals surface area contributed by atoms with Crippen LogP contribution in [0.15, 0.2) is 198 Å². The topological polar surface area (TPSA) is 50.4 Å². The fraction of sp³-hybridized carbons (Fsp3) is 0.125. The molecule has 3 N–H and O–H groups in total. The van der Waals surface area contributed by atoms with Crippen molar-refractivity contribution in [1.29, 1.82) is 0 Å². The summed E-state index contributed by atoms with van der Waals surface area (Å²) < 4.78 is 4.02. The second kappa shape index (κ2) is 15.2. The Bertz CT molecular complexity index is 3270. The van der Waals surface area contributed by atoms with E-state index in [4.69, 9.17) is 10.7 Å². The maximum absolute atomic E-state index is 6.79. The number of nitrogens with two attached hydrogens (primary N) is 1. The highest BCUT2D eigenvalue weighted by Crippen LogP contribution is 2.52. The molecule has 5 heteroatoms. The lowest BCUT2D eigenvalue weighted by molar-refractivity contribution is 0.603. The molecule has 296 valence electrons. The molecule has 61 heavy (non-hydrogen) atoms. The molecule has 2 aliphatic rings. The summed E-state index contributed by atoms with van der Waals surface area (Å²) in [6.07, 6.45) is 11.2. The Morgan fingerprint density at radius 1 is 0.754 bits per heavy atom. The monoisotopic (exact) mass is 823 g/mol. The van der Waals surface area contributed by atoms with Crippen molar-refractivity contribution in [2.75, 3.05) is 5.32 Å². The molecule has 3 nitrogen and oxygen atoms in total. The van der Waals surface area contributed by atoms with Crippen LogP contribution in [-0.2, 0) is 5.41 Å². The van der Waals surface area contributed by atoms with E-state index in [0.717, 1.165) is 29.7 Å². The van der Waals surface area contributed by atoms with Crippen LogP contribution in [0.5, 0.6) is 0 Å². The lowest BCUT2D eigenvalue weighted by atomic mass is 9.75. The first-order valence-electron chi connectivity index (χ1n) is 21.3. The van der Waals surface area contributed by atoms with Crippen molar-refractivity contribution in [3.63, 3.8) is 0 Å².